The van der Waals surface area contributed by atoms with Crippen LogP contribution in [-0.2, 0) is 14.8 Å². The van der Waals surface area contributed by atoms with E-state index in [0.29, 0.717) is 11.5 Å². The number of ketones is 1. The van der Waals surface area contributed by atoms with Crippen LogP contribution in [0.5, 0.6) is 0 Å². The fourth-order valence-electron chi connectivity index (χ4n) is 3.77. The van der Waals surface area contributed by atoms with Crippen molar-refractivity contribution in [3.05, 3.63) is 65.2 Å². The van der Waals surface area contributed by atoms with E-state index in [0.717, 1.165) is 0 Å². The Morgan fingerprint density at radius 2 is 1.59 bits per heavy atom. The molecule has 0 aliphatic heterocycles. The lowest BCUT2D eigenvalue weighted by molar-refractivity contribution is 0.0474. The minimum absolute atomic E-state index is 0.00632. The van der Waals surface area contributed by atoms with E-state index in [2.05, 4.69) is 4.72 Å². The number of nitrogens with zero attached hydrogens (tertiary/aromatic N) is 1. The van der Waals surface area contributed by atoms with Crippen LogP contribution in [0.25, 0.3) is 0 Å². The Bertz CT molecular complexity index is 1080. The number of esters is 1. The lowest BCUT2D eigenvalue weighted by Crippen LogP contribution is -2.24. The van der Waals surface area contributed by atoms with Crippen molar-refractivity contribution in [3.63, 3.8) is 0 Å². The number of hydrogen-bond acceptors (Lipinski definition) is 6. The average molecular weight is 455 g/mol. The predicted octanol–water partition coefficient (Wildman–Crippen LogP) is 3.97. The molecular weight excluding hydrogens is 428 g/mol. The third-order valence-corrected chi connectivity index (χ3v) is 7.05. The van der Waals surface area contributed by atoms with Crippen molar-refractivity contribution >= 4 is 21.8 Å². The Labute approximate surface area is 188 Å². The van der Waals surface area contributed by atoms with Crippen LogP contribution in [0.4, 0.5) is 0 Å². The zero-order valence-corrected chi connectivity index (χ0v) is 18.6. The molecule has 0 atom stereocenters. The lowest BCUT2D eigenvalue weighted by Gasteiger charge is -2.22. The van der Waals surface area contributed by atoms with E-state index in [1.165, 1.54) is 61.9 Å². The summed E-state index contributed by atoms with van der Waals surface area (Å²) in [5.74, 6) is -0.452. The van der Waals surface area contributed by atoms with Crippen molar-refractivity contribution in [2.24, 2.45) is 0 Å². The Morgan fingerprint density at radius 3 is 2.22 bits per heavy atom. The van der Waals surface area contributed by atoms with Gasteiger partial charge in [0.1, 0.15) is 0 Å². The topological polar surface area (TPSA) is 113 Å². The summed E-state index contributed by atoms with van der Waals surface area (Å²) in [6.07, 6.45) is 6.19. The number of sulfonamides is 1. The fraction of sp³-hybridized carbons (Fsp3) is 0.375. The molecule has 0 aromatic heterocycles. The summed E-state index contributed by atoms with van der Waals surface area (Å²) in [4.78, 5) is 24.6. The van der Waals surface area contributed by atoms with Gasteiger partial charge in [0, 0.05) is 18.5 Å². The van der Waals surface area contributed by atoms with E-state index in [-0.39, 0.29) is 29.2 Å². The maximum Gasteiger partial charge on any atom is 0.338 e. The molecule has 1 saturated carbocycles. The number of carbonyl (C=O) groups excluding carboxylic acids is 2. The van der Waals surface area contributed by atoms with Gasteiger partial charge in [-0.3, -0.25) is 4.79 Å². The van der Waals surface area contributed by atoms with Crippen molar-refractivity contribution in [3.8, 4) is 6.07 Å². The minimum atomic E-state index is -3.76. The highest BCUT2D eigenvalue weighted by molar-refractivity contribution is 7.89. The highest BCUT2D eigenvalue weighted by Gasteiger charge is 2.18. The van der Waals surface area contributed by atoms with Crippen molar-refractivity contribution in [2.75, 3.05) is 13.2 Å². The Hall–Kier alpha value is -3.02. The van der Waals surface area contributed by atoms with Crippen LogP contribution in [0.2, 0.25) is 0 Å². The van der Waals surface area contributed by atoms with E-state index >= 15 is 0 Å². The summed E-state index contributed by atoms with van der Waals surface area (Å²) >= 11 is 0. The quantitative estimate of drug-likeness (QED) is 0.348. The Kier molecular flexibility index (Phi) is 8.14. The van der Waals surface area contributed by atoms with E-state index in [4.69, 9.17) is 10.00 Å². The monoisotopic (exact) mass is 454 g/mol. The zero-order chi connectivity index (χ0) is 23.0. The highest BCUT2D eigenvalue weighted by Crippen LogP contribution is 2.32. The molecule has 3 rings (SSSR count). The number of nitriles is 1. The summed E-state index contributed by atoms with van der Waals surface area (Å²) in [7, 11) is -3.76. The third-order valence-electron chi connectivity index (χ3n) is 5.57. The molecule has 1 aliphatic carbocycles. The number of carbonyl (C=O) groups is 2. The van der Waals surface area contributed by atoms with Gasteiger partial charge in [-0.05, 0) is 48.6 Å². The highest BCUT2D eigenvalue weighted by atomic mass is 32.2. The summed E-state index contributed by atoms with van der Waals surface area (Å²) in [6.45, 7) is -0.385. The molecule has 2 aromatic carbocycles. The van der Waals surface area contributed by atoms with Crippen LogP contribution in [0.15, 0.2) is 53.4 Å². The number of hydrogen-bond donors (Lipinski definition) is 1. The second-order valence-electron chi connectivity index (χ2n) is 7.79. The van der Waals surface area contributed by atoms with Gasteiger partial charge in [0.15, 0.2) is 12.4 Å². The molecule has 2 aromatic rings. The maximum absolute atomic E-state index is 12.4. The van der Waals surface area contributed by atoms with Gasteiger partial charge >= 0.3 is 5.97 Å². The smallest absolute Gasteiger partial charge is 0.338 e. The molecular formula is C24H26N2O5S. The number of benzene rings is 2. The van der Waals surface area contributed by atoms with Crippen LogP contribution >= 0.6 is 0 Å². The molecule has 0 heterocycles. The minimum Gasteiger partial charge on any atom is -0.454 e. The van der Waals surface area contributed by atoms with Crippen LogP contribution in [0.1, 0.15) is 70.7 Å². The molecule has 32 heavy (non-hydrogen) atoms. The second-order valence-corrected chi connectivity index (χ2v) is 9.55. The normalized spacial score (nSPS) is 14.5. The molecule has 1 fully saturated rings. The van der Waals surface area contributed by atoms with Gasteiger partial charge in [-0.25, -0.2) is 17.9 Å². The first kappa shape index (κ1) is 23.6. The molecule has 0 saturated heterocycles. The number of Topliss-reactive ketones (excluding diaryl/α,β-unsaturated/α-hetero) is 1. The summed E-state index contributed by atoms with van der Waals surface area (Å²) in [5, 5.41) is 8.50. The molecule has 168 valence electrons. The summed E-state index contributed by atoms with van der Waals surface area (Å²) < 4.78 is 31.6. The van der Waals surface area contributed by atoms with E-state index in [1.54, 1.807) is 12.1 Å². The molecule has 0 unspecified atom stereocenters. The standard InChI is InChI=1S/C24H26N2O5S/c25-15-4-16-26-32(29,30)22-13-11-21(12-14-22)24(28)31-17-23(27)20-9-7-19(8-10-20)18-5-2-1-3-6-18/h7-14,18,26H,1-6,16-17H2. The molecule has 0 amide bonds. The average Bonchev–Trinajstić information content (AvgIpc) is 2.83. The first-order valence-electron chi connectivity index (χ1n) is 10.7. The van der Waals surface area contributed by atoms with Gasteiger partial charge in [0.25, 0.3) is 0 Å². The number of ether oxygens (including phenoxy) is 1. The van der Waals surface area contributed by atoms with Crippen LogP contribution in [0, 0.1) is 11.3 Å². The Morgan fingerprint density at radius 1 is 0.969 bits per heavy atom. The maximum atomic E-state index is 12.4. The number of rotatable bonds is 9. The molecule has 1 N–H and O–H groups in total. The van der Waals surface area contributed by atoms with Crippen molar-refractivity contribution in [2.45, 2.75) is 49.3 Å². The Balaban J connectivity index is 1.53. The molecule has 7 nitrogen and oxygen atoms in total. The first-order chi connectivity index (χ1) is 15.4. The zero-order valence-electron chi connectivity index (χ0n) is 17.7. The van der Waals surface area contributed by atoms with Gasteiger partial charge in [-0.1, -0.05) is 43.5 Å². The predicted molar refractivity (Wildman–Crippen MR) is 119 cm³/mol. The summed E-state index contributed by atoms with van der Waals surface area (Å²) in [6, 6.07) is 14.6. The third kappa shape index (κ3) is 6.25. The fourth-order valence-corrected chi connectivity index (χ4v) is 4.80. The van der Waals surface area contributed by atoms with E-state index in [9.17, 15) is 18.0 Å². The van der Waals surface area contributed by atoms with Gasteiger partial charge < -0.3 is 4.74 Å². The molecule has 1 aliphatic rings. The largest absolute Gasteiger partial charge is 0.454 e. The van der Waals surface area contributed by atoms with Crippen molar-refractivity contribution in [1.82, 2.24) is 4.72 Å². The van der Waals surface area contributed by atoms with Crippen molar-refractivity contribution in [1.29, 1.82) is 5.26 Å². The first-order valence-corrected chi connectivity index (χ1v) is 12.2. The number of nitrogens with one attached hydrogen (secondary N) is 1. The van der Waals surface area contributed by atoms with Crippen LogP contribution in [0.3, 0.4) is 0 Å². The van der Waals surface area contributed by atoms with Crippen LogP contribution < -0.4 is 4.72 Å². The van der Waals surface area contributed by atoms with Crippen molar-refractivity contribution < 1.29 is 22.7 Å². The molecule has 0 bridgehead atoms. The molecule has 8 heteroatoms. The second kappa shape index (κ2) is 11.0. The molecule has 0 spiro atoms. The van der Waals surface area contributed by atoms with Gasteiger partial charge in [0.2, 0.25) is 10.0 Å². The van der Waals surface area contributed by atoms with Gasteiger partial charge in [-0.2, -0.15) is 5.26 Å². The van der Waals surface area contributed by atoms with Gasteiger partial charge in [-0.15, -0.1) is 0 Å². The van der Waals surface area contributed by atoms with Gasteiger partial charge in [0.05, 0.1) is 16.5 Å². The summed E-state index contributed by atoms with van der Waals surface area (Å²) in [5.41, 5.74) is 1.87. The van der Waals surface area contributed by atoms with Crippen LogP contribution in [-0.4, -0.2) is 33.3 Å². The lowest BCUT2D eigenvalue weighted by atomic mass is 9.84. The van der Waals surface area contributed by atoms with E-state index < -0.39 is 22.6 Å². The molecule has 0 radical (unpaired) electrons. The van der Waals surface area contributed by atoms with E-state index in [1.807, 2.05) is 18.2 Å². The SMILES string of the molecule is N#CCCNS(=O)(=O)c1ccc(C(=O)OCC(=O)c2ccc(C3CCCCC3)cc2)cc1.